The third-order valence-electron chi connectivity index (χ3n) is 2.95. The molecule has 0 aliphatic heterocycles. The van der Waals surface area contributed by atoms with Crippen LogP contribution in [0.3, 0.4) is 0 Å². The molecule has 0 unspecified atom stereocenters. The van der Waals surface area contributed by atoms with Crippen molar-refractivity contribution in [1.82, 2.24) is 19.9 Å². The Kier molecular flexibility index (Phi) is 2.56. The van der Waals surface area contributed by atoms with Crippen molar-refractivity contribution in [2.45, 2.75) is 13.8 Å². The molecule has 1 aromatic carbocycles. The number of benzene rings is 1. The third kappa shape index (κ3) is 2.08. The van der Waals surface area contributed by atoms with Gasteiger partial charge in [-0.2, -0.15) is 9.97 Å². The number of aromatic nitrogens is 4. The van der Waals surface area contributed by atoms with Gasteiger partial charge in [-0.3, -0.25) is 0 Å². The van der Waals surface area contributed by atoms with Crippen LogP contribution in [0.1, 0.15) is 11.1 Å². The number of H-pyrrole nitrogens is 1. The lowest BCUT2D eigenvalue weighted by Gasteiger charge is -2.10. The number of nitrogens with one attached hydrogen (secondary N) is 2. The average molecular weight is 254 g/mol. The number of nitrogen functional groups attached to an aromatic ring is 1. The SMILES string of the molecule is Cc1ccc(C)c(Nc2nc(N)nc3nc[nH]c23)c1. The lowest BCUT2D eigenvalue weighted by molar-refractivity contribution is 1.21. The summed E-state index contributed by atoms with van der Waals surface area (Å²) in [6, 6.07) is 6.20. The van der Waals surface area contributed by atoms with Crippen LogP contribution in [0.4, 0.5) is 17.5 Å². The fourth-order valence-electron chi connectivity index (χ4n) is 1.94. The second-order valence-corrected chi connectivity index (χ2v) is 4.47. The van der Waals surface area contributed by atoms with Gasteiger partial charge in [-0.15, -0.1) is 0 Å². The van der Waals surface area contributed by atoms with E-state index in [9.17, 15) is 0 Å². The highest BCUT2D eigenvalue weighted by Crippen LogP contribution is 2.24. The predicted octanol–water partition coefficient (Wildman–Crippen LogP) is 2.30. The van der Waals surface area contributed by atoms with Crippen molar-refractivity contribution in [3.63, 3.8) is 0 Å². The zero-order chi connectivity index (χ0) is 13.4. The molecule has 0 saturated heterocycles. The molecule has 0 bridgehead atoms. The number of nitrogens with two attached hydrogens (primary N) is 1. The molecule has 2 heterocycles. The van der Waals surface area contributed by atoms with Crippen LogP contribution in [-0.4, -0.2) is 19.9 Å². The van der Waals surface area contributed by atoms with E-state index in [1.54, 1.807) is 6.33 Å². The third-order valence-corrected chi connectivity index (χ3v) is 2.95. The van der Waals surface area contributed by atoms with E-state index in [-0.39, 0.29) is 5.95 Å². The van der Waals surface area contributed by atoms with Crippen molar-refractivity contribution in [2.75, 3.05) is 11.1 Å². The Morgan fingerprint density at radius 1 is 1.21 bits per heavy atom. The summed E-state index contributed by atoms with van der Waals surface area (Å²) >= 11 is 0. The van der Waals surface area contributed by atoms with Crippen molar-refractivity contribution in [1.29, 1.82) is 0 Å². The van der Waals surface area contributed by atoms with E-state index in [1.165, 1.54) is 5.56 Å². The maximum atomic E-state index is 5.69. The van der Waals surface area contributed by atoms with Gasteiger partial charge in [0.15, 0.2) is 11.5 Å². The molecule has 0 saturated carbocycles. The molecule has 3 rings (SSSR count). The summed E-state index contributed by atoms with van der Waals surface area (Å²) < 4.78 is 0. The Morgan fingerprint density at radius 3 is 2.89 bits per heavy atom. The normalized spacial score (nSPS) is 10.8. The molecule has 19 heavy (non-hydrogen) atoms. The number of aryl methyl sites for hydroxylation is 2. The van der Waals surface area contributed by atoms with E-state index in [4.69, 9.17) is 5.73 Å². The summed E-state index contributed by atoms with van der Waals surface area (Å²) in [6.45, 7) is 4.08. The molecule has 0 aliphatic carbocycles. The number of fused-ring (bicyclic) bond motifs is 1. The zero-order valence-electron chi connectivity index (χ0n) is 10.7. The summed E-state index contributed by atoms with van der Waals surface area (Å²) in [5, 5.41) is 3.28. The van der Waals surface area contributed by atoms with E-state index in [2.05, 4.69) is 43.5 Å². The van der Waals surface area contributed by atoms with Gasteiger partial charge >= 0.3 is 0 Å². The molecular weight excluding hydrogens is 240 g/mol. The van der Waals surface area contributed by atoms with Crippen LogP contribution in [0.2, 0.25) is 0 Å². The molecular formula is C13H14N6. The number of nitrogens with zero attached hydrogens (tertiary/aromatic N) is 3. The molecule has 6 heteroatoms. The monoisotopic (exact) mass is 254 g/mol. The van der Waals surface area contributed by atoms with Gasteiger partial charge in [0.2, 0.25) is 5.95 Å². The summed E-state index contributed by atoms with van der Waals surface area (Å²) in [5.74, 6) is 0.834. The Hall–Kier alpha value is -2.63. The molecule has 0 radical (unpaired) electrons. The van der Waals surface area contributed by atoms with Crippen LogP contribution in [0.25, 0.3) is 11.2 Å². The highest BCUT2D eigenvalue weighted by atomic mass is 15.1. The highest BCUT2D eigenvalue weighted by Gasteiger charge is 2.09. The van der Waals surface area contributed by atoms with Gasteiger partial charge in [-0.05, 0) is 31.0 Å². The summed E-state index contributed by atoms with van der Waals surface area (Å²) in [4.78, 5) is 15.4. The summed E-state index contributed by atoms with van der Waals surface area (Å²) in [6.07, 6.45) is 1.58. The molecule has 96 valence electrons. The lowest BCUT2D eigenvalue weighted by atomic mass is 10.1. The Labute approximate surface area is 110 Å². The van der Waals surface area contributed by atoms with Crippen LogP contribution in [0, 0.1) is 13.8 Å². The minimum atomic E-state index is 0.201. The van der Waals surface area contributed by atoms with E-state index < -0.39 is 0 Å². The Morgan fingerprint density at radius 2 is 2.05 bits per heavy atom. The number of aromatic amines is 1. The first-order valence-electron chi connectivity index (χ1n) is 5.94. The molecule has 3 aromatic rings. The second-order valence-electron chi connectivity index (χ2n) is 4.47. The van der Waals surface area contributed by atoms with E-state index in [0.29, 0.717) is 11.5 Å². The fourth-order valence-corrected chi connectivity index (χ4v) is 1.94. The van der Waals surface area contributed by atoms with E-state index in [0.717, 1.165) is 16.8 Å². The van der Waals surface area contributed by atoms with Crippen LogP contribution in [0.15, 0.2) is 24.5 Å². The first-order valence-corrected chi connectivity index (χ1v) is 5.94. The quantitative estimate of drug-likeness (QED) is 0.652. The number of anilines is 3. The van der Waals surface area contributed by atoms with Gasteiger partial charge in [0, 0.05) is 5.69 Å². The van der Waals surface area contributed by atoms with Crippen molar-refractivity contribution in [3.8, 4) is 0 Å². The van der Waals surface area contributed by atoms with Gasteiger partial charge in [-0.1, -0.05) is 12.1 Å². The molecule has 0 atom stereocenters. The predicted molar refractivity (Wildman–Crippen MR) is 75.3 cm³/mol. The van der Waals surface area contributed by atoms with Gasteiger partial charge in [0.05, 0.1) is 6.33 Å². The van der Waals surface area contributed by atoms with Gasteiger partial charge in [-0.25, -0.2) is 4.98 Å². The minimum absolute atomic E-state index is 0.201. The summed E-state index contributed by atoms with van der Waals surface area (Å²) in [5.41, 5.74) is 10.3. The lowest BCUT2D eigenvalue weighted by Crippen LogP contribution is -2.02. The maximum Gasteiger partial charge on any atom is 0.224 e. The zero-order valence-corrected chi connectivity index (χ0v) is 10.7. The average Bonchev–Trinajstić information content (AvgIpc) is 2.82. The molecule has 2 aromatic heterocycles. The first kappa shape index (κ1) is 11.5. The van der Waals surface area contributed by atoms with Gasteiger partial charge < -0.3 is 16.0 Å². The maximum absolute atomic E-state index is 5.69. The van der Waals surface area contributed by atoms with Crippen LogP contribution in [-0.2, 0) is 0 Å². The van der Waals surface area contributed by atoms with Crippen LogP contribution < -0.4 is 11.1 Å². The van der Waals surface area contributed by atoms with Crippen LogP contribution >= 0.6 is 0 Å². The van der Waals surface area contributed by atoms with E-state index in [1.807, 2.05) is 13.8 Å². The largest absolute Gasteiger partial charge is 0.368 e. The molecule has 4 N–H and O–H groups in total. The number of imidazole rings is 1. The van der Waals surface area contributed by atoms with Gasteiger partial charge in [0.25, 0.3) is 0 Å². The van der Waals surface area contributed by atoms with Crippen molar-refractivity contribution in [3.05, 3.63) is 35.7 Å². The molecule has 0 aliphatic rings. The fraction of sp³-hybridized carbons (Fsp3) is 0.154. The standard InChI is InChI=1S/C13H14N6/c1-7-3-4-8(2)9(5-7)17-12-10-11(16-6-15-10)18-13(14)19-12/h3-6H,1-2H3,(H4,14,15,16,17,18,19). The van der Waals surface area contributed by atoms with E-state index >= 15 is 0 Å². The number of hydrogen-bond acceptors (Lipinski definition) is 5. The molecule has 0 fully saturated rings. The first-order chi connectivity index (χ1) is 9.13. The number of rotatable bonds is 2. The second kappa shape index (κ2) is 4.24. The highest BCUT2D eigenvalue weighted by molar-refractivity contribution is 5.86. The van der Waals surface area contributed by atoms with Gasteiger partial charge in [0.1, 0.15) is 5.52 Å². The summed E-state index contributed by atoms with van der Waals surface area (Å²) in [7, 11) is 0. The Bertz CT molecular complexity index is 746. The van der Waals surface area contributed by atoms with Crippen molar-refractivity contribution in [2.24, 2.45) is 0 Å². The topological polar surface area (TPSA) is 92.5 Å². The van der Waals surface area contributed by atoms with Crippen molar-refractivity contribution >= 4 is 28.6 Å². The smallest absolute Gasteiger partial charge is 0.224 e. The molecule has 0 spiro atoms. The Balaban J connectivity index is 2.10. The molecule has 0 amide bonds. The minimum Gasteiger partial charge on any atom is -0.368 e. The van der Waals surface area contributed by atoms with Crippen LogP contribution in [0.5, 0.6) is 0 Å². The van der Waals surface area contributed by atoms with Crippen molar-refractivity contribution < 1.29 is 0 Å². The number of hydrogen-bond donors (Lipinski definition) is 3. The molecule has 6 nitrogen and oxygen atoms in total.